The van der Waals surface area contributed by atoms with E-state index in [9.17, 15) is 19.7 Å². The Kier molecular flexibility index (Phi) is 5.85. The number of rotatable bonds is 6. The minimum absolute atomic E-state index is 0.0292. The number of carbonyl (C=O) groups excluding carboxylic acids is 2. The maximum atomic E-state index is 12.1. The average Bonchev–Trinajstić information content (AvgIpc) is 2.67. The van der Waals surface area contributed by atoms with Gasteiger partial charge in [-0.05, 0) is 17.7 Å². The number of fused-ring (bicyclic) bond motifs is 1. The topological polar surface area (TPSA) is 117 Å². The van der Waals surface area contributed by atoms with E-state index in [0.717, 1.165) is 0 Å². The van der Waals surface area contributed by atoms with E-state index >= 15 is 0 Å². The van der Waals surface area contributed by atoms with Crippen molar-refractivity contribution in [3.63, 3.8) is 0 Å². The summed E-state index contributed by atoms with van der Waals surface area (Å²) in [6.45, 7) is 1.49. The molecule has 0 saturated heterocycles. The number of nitro groups is 1. The van der Waals surface area contributed by atoms with Crippen LogP contribution in [-0.2, 0) is 38.7 Å². The number of nitrogens with one attached hydrogen (secondary N) is 1. The third-order valence-electron chi connectivity index (χ3n) is 3.99. The highest BCUT2D eigenvalue weighted by Gasteiger charge is 2.21. The van der Waals surface area contributed by atoms with Crippen molar-refractivity contribution in [3.8, 4) is 5.75 Å². The van der Waals surface area contributed by atoms with E-state index in [0.29, 0.717) is 28.1 Å². The Morgan fingerprint density at radius 1 is 1.25 bits per heavy atom. The Bertz CT molecular complexity index is 909. The fourth-order valence-corrected chi connectivity index (χ4v) is 2.78. The Morgan fingerprint density at radius 3 is 2.68 bits per heavy atom. The number of nitro benzene ring substituents is 1. The number of non-ortho nitro benzene ring substituents is 1. The predicted octanol–water partition coefficient (Wildman–Crippen LogP) is 2.71. The summed E-state index contributed by atoms with van der Waals surface area (Å²) in [5.74, 6) is -0.219. The van der Waals surface area contributed by atoms with Crippen LogP contribution in [-0.4, -0.2) is 23.6 Å². The summed E-state index contributed by atoms with van der Waals surface area (Å²) in [5.41, 5.74) is 2.19. The summed E-state index contributed by atoms with van der Waals surface area (Å²) in [5, 5.41) is 13.7. The first kappa shape index (κ1) is 19.3. The second kappa shape index (κ2) is 8.49. The van der Waals surface area contributed by atoms with Crippen LogP contribution in [0.25, 0.3) is 0 Å². The van der Waals surface area contributed by atoms with Gasteiger partial charge in [-0.1, -0.05) is 12.1 Å². The first-order valence-corrected chi connectivity index (χ1v) is 8.45. The lowest BCUT2D eigenvalue weighted by atomic mass is 10.1. The van der Waals surface area contributed by atoms with Crippen molar-refractivity contribution < 1.29 is 28.7 Å². The van der Waals surface area contributed by atoms with Gasteiger partial charge in [0.25, 0.3) is 5.69 Å². The molecule has 28 heavy (non-hydrogen) atoms. The molecule has 1 amide bonds. The van der Waals surface area contributed by atoms with E-state index in [-0.39, 0.29) is 38.0 Å². The molecule has 1 heterocycles. The van der Waals surface area contributed by atoms with Crippen LogP contribution in [0, 0.1) is 10.1 Å². The van der Waals surface area contributed by atoms with Gasteiger partial charge in [-0.3, -0.25) is 19.7 Å². The SMILES string of the molecule is CC(=O)Nc1ccc(CC(=O)OCc2cc([N+](=O)[O-])cc3c2OCOC3)cc1. The van der Waals surface area contributed by atoms with Crippen molar-refractivity contribution in [2.45, 2.75) is 26.6 Å². The quantitative estimate of drug-likeness (QED) is 0.461. The molecule has 0 aromatic heterocycles. The number of hydrogen-bond acceptors (Lipinski definition) is 7. The molecular formula is C19H18N2O7. The van der Waals surface area contributed by atoms with E-state index in [2.05, 4.69) is 5.32 Å². The zero-order valence-electron chi connectivity index (χ0n) is 15.1. The molecule has 3 rings (SSSR count). The molecule has 0 radical (unpaired) electrons. The van der Waals surface area contributed by atoms with Gasteiger partial charge in [-0.15, -0.1) is 0 Å². The molecule has 2 aromatic rings. The van der Waals surface area contributed by atoms with Crippen molar-refractivity contribution in [2.75, 3.05) is 12.1 Å². The van der Waals surface area contributed by atoms with Crippen LogP contribution < -0.4 is 10.1 Å². The van der Waals surface area contributed by atoms with Gasteiger partial charge in [0.2, 0.25) is 5.91 Å². The lowest BCUT2D eigenvalue weighted by molar-refractivity contribution is -0.385. The molecule has 0 saturated carbocycles. The van der Waals surface area contributed by atoms with Gasteiger partial charge in [-0.25, -0.2) is 0 Å². The monoisotopic (exact) mass is 386 g/mol. The summed E-state index contributed by atoms with van der Waals surface area (Å²) in [7, 11) is 0. The lowest BCUT2D eigenvalue weighted by Gasteiger charge is -2.20. The van der Waals surface area contributed by atoms with Crippen LogP contribution in [0.2, 0.25) is 0 Å². The van der Waals surface area contributed by atoms with Crippen LogP contribution in [0.4, 0.5) is 11.4 Å². The molecule has 0 spiro atoms. The van der Waals surface area contributed by atoms with Crippen LogP contribution in [0.5, 0.6) is 5.75 Å². The third kappa shape index (κ3) is 4.83. The Labute approximate surface area is 160 Å². The molecule has 9 nitrogen and oxygen atoms in total. The number of esters is 1. The fraction of sp³-hybridized carbons (Fsp3) is 0.263. The molecule has 1 N–H and O–H groups in total. The number of benzene rings is 2. The van der Waals surface area contributed by atoms with E-state index in [4.69, 9.17) is 14.2 Å². The maximum absolute atomic E-state index is 12.1. The van der Waals surface area contributed by atoms with Crippen LogP contribution in [0.1, 0.15) is 23.6 Å². The number of nitrogens with zero attached hydrogens (tertiary/aromatic N) is 1. The minimum Gasteiger partial charge on any atom is -0.467 e. The number of amides is 1. The molecule has 1 aliphatic rings. The van der Waals surface area contributed by atoms with E-state index < -0.39 is 10.9 Å². The number of hydrogen-bond donors (Lipinski definition) is 1. The second-order valence-electron chi connectivity index (χ2n) is 6.18. The Balaban J connectivity index is 1.65. The molecule has 2 aromatic carbocycles. The van der Waals surface area contributed by atoms with Gasteiger partial charge < -0.3 is 19.5 Å². The van der Waals surface area contributed by atoms with E-state index in [1.54, 1.807) is 24.3 Å². The minimum atomic E-state index is -0.517. The van der Waals surface area contributed by atoms with Crippen molar-refractivity contribution in [3.05, 3.63) is 63.2 Å². The normalized spacial score (nSPS) is 12.5. The largest absolute Gasteiger partial charge is 0.467 e. The van der Waals surface area contributed by atoms with Crippen LogP contribution in [0.3, 0.4) is 0 Å². The summed E-state index contributed by atoms with van der Waals surface area (Å²) in [4.78, 5) is 33.7. The first-order valence-electron chi connectivity index (χ1n) is 8.45. The third-order valence-corrected chi connectivity index (χ3v) is 3.99. The first-order chi connectivity index (χ1) is 13.4. The van der Waals surface area contributed by atoms with Gasteiger partial charge in [0, 0.05) is 35.9 Å². The number of ether oxygens (including phenoxy) is 3. The smallest absolute Gasteiger partial charge is 0.310 e. The standard InChI is InChI=1S/C19H18N2O7/c1-12(22)20-16-4-2-13(3-5-16)6-18(23)27-10-15-8-17(21(24)25)7-14-9-26-11-28-19(14)15/h2-5,7-8H,6,9-11H2,1H3,(H,20,22). The molecule has 0 unspecified atom stereocenters. The zero-order valence-corrected chi connectivity index (χ0v) is 15.1. The summed E-state index contributed by atoms with van der Waals surface area (Å²) >= 11 is 0. The lowest BCUT2D eigenvalue weighted by Crippen LogP contribution is -2.15. The van der Waals surface area contributed by atoms with Gasteiger partial charge in [0.1, 0.15) is 12.4 Å². The van der Waals surface area contributed by atoms with Crippen LogP contribution in [0.15, 0.2) is 36.4 Å². The van der Waals surface area contributed by atoms with Crippen molar-refractivity contribution >= 4 is 23.3 Å². The molecular weight excluding hydrogens is 368 g/mol. The summed E-state index contributed by atoms with van der Waals surface area (Å²) in [6.07, 6.45) is 0.0292. The van der Waals surface area contributed by atoms with Crippen molar-refractivity contribution in [1.82, 2.24) is 0 Å². The highest BCUT2D eigenvalue weighted by Crippen LogP contribution is 2.33. The fourth-order valence-electron chi connectivity index (χ4n) is 2.78. The molecule has 0 aliphatic carbocycles. The molecule has 146 valence electrons. The van der Waals surface area contributed by atoms with Crippen molar-refractivity contribution in [2.24, 2.45) is 0 Å². The zero-order chi connectivity index (χ0) is 20.1. The maximum Gasteiger partial charge on any atom is 0.310 e. The van der Waals surface area contributed by atoms with Gasteiger partial charge in [0.05, 0.1) is 18.0 Å². The van der Waals surface area contributed by atoms with Crippen LogP contribution >= 0.6 is 0 Å². The second-order valence-corrected chi connectivity index (χ2v) is 6.18. The Morgan fingerprint density at radius 2 is 2.00 bits per heavy atom. The molecule has 0 fully saturated rings. The summed E-state index contributed by atoms with van der Waals surface area (Å²) < 4.78 is 15.8. The number of anilines is 1. The summed E-state index contributed by atoms with van der Waals surface area (Å²) in [6, 6.07) is 9.52. The number of carbonyl (C=O) groups is 2. The molecule has 9 heteroatoms. The van der Waals surface area contributed by atoms with E-state index in [1.807, 2.05) is 0 Å². The van der Waals surface area contributed by atoms with Crippen molar-refractivity contribution in [1.29, 1.82) is 0 Å². The average molecular weight is 386 g/mol. The van der Waals surface area contributed by atoms with E-state index in [1.165, 1.54) is 19.1 Å². The highest BCUT2D eigenvalue weighted by atomic mass is 16.7. The molecule has 0 atom stereocenters. The molecule has 1 aliphatic heterocycles. The van der Waals surface area contributed by atoms with Gasteiger partial charge in [0.15, 0.2) is 6.79 Å². The molecule has 0 bridgehead atoms. The van der Waals surface area contributed by atoms with Gasteiger partial charge in [-0.2, -0.15) is 0 Å². The van der Waals surface area contributed by atoms with Gasteiger partial charge >= 0.3 is 5.97 Å². The Hall–Kier alpha value is -3.46. The highest BCUT2D eigenvalue weighted by molar-refractivity contribution is 5.88. The predicted molar refractivity (Wildman–Crippen MR) is 97.6 cm³/mol.